The highest BCUT2D eigenvalue weighted by Crippen LogP contribution is 2.33. The fraction of sp³-hybridized carbons (Fsp3) is 0.571. The Hall–Kier alpha value is -1.40. The number of methoxy groups -OCH3 is 1. The van der Waals surface area contributed by atoms with E-state index in [9.17, 15) is 14.7 Å². The highest BCUT2D eigenvalue weighted by molar-refractivity contribution is 7.08. The maximum atomic E-state index is 12.5. The molecular formula is C14H19NO4S. The molecule has 0 bridgehead atoms. The van der Waals surface area contributed by atoms with Crippen molar-refractivity contribution in [1.82, 2.24) is 4.90 Å². The van der Waals surface area contributed by atoms with Crippen LogP contribution in [0.15, 0.2) is 16.8 Å². The summed E-state index contributed by atoms with van der Waals surface area (Å²) in [5.41, 5.74) is 0.0262. The molecule has 1 fully saturated rings. The minimum Gasteiger partial charge on any atom is -0.481 e. The first kappa shape index (κ1) is 15.0. The van der Waals surface area contributed by atoms with Crippen LogP contribution < -0.4 is 0 Å². The molecule has 5 nitrogen and oxygen atoms in total. The molecule has 1 aromatic heterocycles. The molecule has 1 amide bonds. The van der Waals surface area contributed by atoms with Crippen molar-refractivity contribution < 1.29 is 19.4 Å². The standard InChI is InChI=1S/C14H19NO4S/c1-10(11-3-6-20-7-11)12(16)15-5-4-14(8-15,9-19-2)13(17)18/h3,6-7,10H,4-5,8-9H2,1-2H3,(H,17,18). The molecular weight excluding hydrogens is 278 g/mol. The Morgan fingerprint density at radius 1 is 1.60 bits per heavy atom. The fourth-order valence-electron chi connectivity index (χ4n) is 2.63. The van der Waals surface area contributed by atoms with E-state index in [1.807, 2.05) is 23.8 Å². The predicted molar refractivity (Wildman–Crippen MR) is 75.9 cm³/mol. The van der Waals surface area contributed by atoms with E-state index in [-0.39, 0.29) is 25.0 Å². The second-order valence-corrected chi connectivity index (χ2v) is 6.09. The van der Waals surface area contributed by atoms with Crippen molar-refractivity contribution in [3.05, 3.63) is 22.4 Å². The van der Waals surface area contributed by atoms with Gasteiger partial charge in [0.2, 0.25) is 5.91 Å². The van der Waals surface area contributed by atoms with Crippen LogP contribution in [0.2, 0.25) is 0 Å². The highest BCUT2D eigenvalue weighted by atomic mass is 32.1. The Kier molecular flexibility index (Phi) is 4.45. The van der Waals surface area contributed by atoms with Gasteiger partial charge in [0.05, 0.1) is 12.5 Å². The van der Waals surface area contributed by atoms with Gasteiger partial charge < -0.3 is 14.7 Å². The number of carboxylic acid groups (broad SMARTS) is 1. The van der Waals surface area contributed by atoms with Gasteiger partial charge in [-0.05, 0) is 35.7 Å². The van der Waals surface area contributed by atoms with Crippen LogP contribution in [0.3, 0.4) is 0 Å². The molecule has 2 unspecified atom stereocenters. The number of thiophene rings is 1. The molecule has 0 saturated carbocycles. The molecule has 1 saturated heterocycles. The van der Waals surface area contributed by atoms with Crippen molar-refractivity contribution >= 4 is 23.2 Å². The number of hydrogen-bond donors (Lipinski definition) is 1. The lowest BCUT2D eigenvalue weighted by Crippen LogP contribution is -2.41. The molecule has 0 aliphatic carbocycles. The van der Waals surface area contributed by atoms with Gasteiger partial charge in [0.15, 0.2) is 0 Å². The van der Waals surface area contributed by atoms with Crippen LogP contribution in [0.25, 0.3) is 0 Å². The van der Waals surface area contributed by atoms with E-state index in [1.54, 1.807) is 16.2 Å². The second-order valence-electron chi connectivity index (χ2n) is 5.31. The first-order chi connectivity index (χ1) is 9.50. The van der Waals surface area contributed by atoms with Gasteiger partial charge in [0, 0.05) is 20.2 Å². The summed E-state index contributed by atoms with van der Waals surface area (Å²) >= 11 is 1.56. The summed E-state index contributed by atoms with van der Waals surface area (Å²) in [7, 11) is 1.49. The van der Waals surface area contributed by atoms with Gasteiger partial charge >= 0.3 is 5.97 Å². The average molecular weight is 297 g/mol. The van der Waals surface area contributed by atoms with Gasteiger partial charge in [0.1, 0.15) is 5.41 Å². The number of carbonyl (C=O) groups excluding carboxylic acids is 1. The molecule has 0 spiro atoms. The normalized spacial score (nSPS) is 23.8. The van der Waals surface area contributed by atoms with Gasteiger partial charge in [-0.3, -0.25) is 9.59 Å². The van der Waals surface area contributed by atoms with Crippen molar-refractivity contribution in [1.29, 1.82) is 0 Å². The third kappa shape index (κ3) is 2.71. The van der Waals surface area contributed by atoms with Crippen LogP contribution in [0.1, 0.15) is 24.8 Å². The number of likely N-dealkylation sites (tertiary alicyclic amines) is 1. The van der Waals surface area contributed by atoms with Gasteiger partial charge in [-0.1, -0.05) is 0 Å². The van der Waals surface area contributed by atoms with Crippen molar-refractivity contribution in [3.63, 3.8) is 0 Å². The summed E-state index contributed by atoms with van der Waals surface area (Å²) < 4.78 is 5.03. The quantitative estimate of drug-likeness (QED) is 0.900. The van der Waals surface area contributed by atoms with Crippen molar-refractivity contribution in [3.8, 4) is 0 Å². The summed E-state index contributed by atoms with van der Waals surface area (Å²) in [6.07, 6.45) is 0.443. The lowest BCUT2D eigenvalue weighted by Gasteiger charge is -2.25. The minimum atomic E-state index is -0.960. The fourth-order valence-corrected chi connectivity index (χ4v) is 3.38. The van der Waals surface area contributed by atoms with Gasteiger partial charge in [0.25, 0.3) is 0 Å². The lowest BCUT2D eigenvalue weighted by atomic mass is 9.88. The van der Waals surface area contributed by atoms with Crippen LogP contribution in [-0.2, 0) is 14.3 Å². The summed E-state index contributed by atoms with van der Waals surface area (Å²) in [5.74, 6) is -1.13. The third-order valence-corrected chi connectivity index (χ3v) is 4.65. The van der Waals surface area contributed by atoms with Crippen LogP contribution in [0.4, 0.5) is 0 Å². The maximum absolute atomic E-state index is 12.5. The van der Waals surface area contributed by atoms with Gasteiger partial charge in [-0.2, -0.15) is 11.3 Å². The van der Waals surface area contributed by atoms with Crippen molar-refractivity contribution in [2.24, 2.45) is 5.41 Å². The number of amides is 1. The van der Waals surface area contributed by atoms with Crippen LogP contribution in [0.5, 0.6) is 0 Å². The number of nitrogens with zero attached hydrogens (tertiary/aromatic N) is 1. The first-order valence-electron chi connectivity index (χ1n) is 6.53. The van der Waals surface area contributed by atoms with Gasteiger partial charge in [-0.25, -0.2) is 0 Å². The lowest BCUT2D eigenvalue weighted by molar-refractivity contribution is -0.151. The predicted octanol–water partition coefficient (Wildman–Crippen LogP) is 1.80. The molecule has 6 heteroatoms. The molecule has 1 N–H and O–H groups in total. The molecule has 1 aliphatic heterocycles. The van der Waals surface area contributed by atoms with Crippen LogP contribution >= 0.6 is 11.3 Å². The Morgan fingerprint density at radius 2 is 2.35 bits per heavy atom. The van der Waals surface area contributed by atoms with Crippen LogP contribution in [0, 0.1) is 5.41 Å². The molecule has 2 heterocycles. The van der Waals surface area contributed by atoms with Gasteiger partial charge in [-0.15, -0.1) is 0 Å². The summed E-state index contributed by atoms with van der Waals surface area (Å²) in [5, 5.41) is 13.3. The number of hydrogen-bond acceptors (Lipinski definition) is 4. The molecule has 2 atom stereocenters. The van der Waals surface area contributed by atoms with E-state index >= 15 is 0 Å². The third-order valence-electron chi connectivity index (χ3n) is 3.95. The zero-order valence-electron chi connectivity index (χ0n) is 11.7. The largest absolute Gasteiger partial charge is 0.481 e. The number of carboxylic acids is 1. The Labute approximate surface area is 122 Å². The average Bonchev–Trinajstić information content (AvgIpc) is 3.07. The van der Waals surface area contributed by atoms with Crippen molar-refractivity contribution in [2.45, 2.75) is 19.3 Å². The molecule has 110 valence electrons. The zero-order valence-corrected chi connectivity index (χ0v) is 12.5. The number of carbonyl (C=O) groups is 2. The topological polar surface area (TPSA) is 66.8 Å². The zero-order chi connectivity index (χ0) is 14.8. The summed E-state index contributed by atoms with van der Waals surface area (Å²) in [6, 6.07) is 1.93. The van der Waals surface area contributed by atoms with E-state index in [4.69, 9.17) is 4.74 Å². The molecule has 20 heavy (non-hydrogen) atoms. The SMILES string of the molecule is COCC1(C(=O)O)CCN(C(=O)C(C)c2ccsc2)C1. The minimum absolute atomic E-state index is 0.0115. The van der Waals surface area contributed by atoms with Crippen LogP contribution in [-0.4, -0.2) is 48.7 Å². The van der Waals surface area contributed by atoms with E-state index in [2.05, 4.69) is 0 Å². The van der Waals surface area contributed by atoms with E-state index in [0.717, 1.165) is 5.56 Å². The maximum Gasteiger partial charge on any atom is 0.313 e. The first-order valence-corrected chi connectivity index (χ1v) is 7.48. The monoisotopic (exact) mass is 297 g/mol. The highest BCUT2D eigenvalue weighted by Gasteiger charge is 2.47. The Morgan fingerprint density at radius 3 is 2.90 bits per heavy atom. The van der Waals surface area contributed by atoms with Crippen molar-refractivity contribution in [2.75, 3.05) is 26.8 Å². The molecule has 1 aliphatic rings. The Bertz CT molecular complexity index is 487. The molecule has 1 aromatic rings. The molecule has 0 radical (unpaired) electrons. The number of ether oxygens (including phenoxy) is 1. The molecule has 2 rings (SSSR count). The smallest absolute Gasteiger partial charge is 0.313 e. The second kappa shape index (κ2) is 5.93. The van der Waals surface area contributed by atoms with E-state index in [1.165, 1.54) is 7.11 Å². The summed E-state index contributed by atoms with van der Waals surface area (Å²) in [6.45, 7) is 2.70. The number of rotatable bonds is 5. The van der Waals surface area contributed by atoms with E-state index < -0.39 is 11.4 Å². The van der Waals surface area contributed by atoms with E-state index in [0.29, 0.717) is 13.0 Å². The molecule has 0 aromatic carbocycles. The number of aliphatic carboxylic acids is 1. The Balaban J connectivity index is 2.08. The summed E-state index contributed by atoms with van der Waals surface area (Å²) in [4.78, 5) is 25.6.